The van der Waals surface area contributed by atoms with Crippen molar-refractivity contribution in [1.29, 1.82) is 0 Å². The molecule has 4 nitrogen and oxygen atoms in total. The third-order valence-electron chi connectivity index (χ3n) is 2.36. The molecule has 0 bridgehead atoms. The van der Waals surface area contributed by atoms with Crippen molar-refractivity contribution in [1.82, 2.24) is 0 Å². The second-order valence-corrected chi connectivity index (χ2v) is 3.58. The van der Waals surface area contributed by atoms with E-state index in [4.69, 9.17) is 11.2 Å². The average molecular weight is 264 g/mol. The predicted octanol–water partition coefficient (Wildman–Crippen LogP) is 1.95. The van der Waals surface area contributed by atoms with E-state index >= 15 is 0 Å². The van der Waals surface area contributed by atoms with Crippen LogP contribution in [0.1, 0.15) is 29.3 Å². The molecule has 0 radical (unpaired) electrons. The number of terminal acetylenes is 1. The second-order valence-electron chi connectivity index (χ2n) is 3.58. The Balaban J connectivity index is 3.04. The third-order valence-corrected chi connectivity index (χ3v) is 2.36. The molecule has 0 atom stereocenters. The van der Waals surface area contributed by atoms with Crippen molar-refractivity contribution in [2.75, 3.05) is 13.7 Å². The summed E-state index contributed by atoms with van der Waals surface area (Å²) in [6.07, 6.45) is 4.66. The summed E-state index contributed by atoms with van der Waals surface area (Å²) >= 11 is 0. The molecule has 1 rings (SSSR count). The summed E-state index contributed by atoms with van der Waals surface area (Å²) in [5.41, 5.74) is -0.0448. The fraction of sp³-hybridized carbons (Fsp3) is 0.286. The molecule has 0 aromatic heterocycles. The van der Waals surface area contributed by atoms with E-state index < -0.39 is 24.0 Å². The molecule has 0 amide bonds. The number of Topliss-reactive ketones (excluding diaryl/α,β-unsaturated/α-hetero) is 1. The van der Waals surface area contributed by atoms with Gasteiger partial charge in [-0.1, -0.05) is 5.92 Å². The molecule has 0 spiro atoms. The van der Waals surface area contributed by atoms with Gasteiger partial charge >= 0.3 is 5.97 Å². The lowest BCUT2D eigenvalue weighted by molar-refractivity contribution is -0.141. The molecule has 0 aliphatic heterocycles. The molecular formula is C14H13FO4. The number of rotatable bonds is 5. The zero-order chi connectivity index (χ0) is 14.4. The fourth-order valence-electron chi connectivity index (χ4n) is 1.49. The summed E-state index contributed by atoms with van der Waals surface area (Å²) in [7, 11) is 1.35. The van der Waals surface area contributed by atoms with Crippen LogP contribution >= 0.6 is 0 Å². The minimum Gasteiger partial charge on any atom is -0.495 e. The Labute approximate surface area is 110 Å². The normalized spacial score (nSPS) is 9.58. The van der Waals surface area contributed by atoms with Gasteiger partial charge < -0.3 is 9.47 Å². The quantitative estimate of drug-likeness (QED) is 0.353. The maximum atomic E-state index is 13.7. The molecule has 0 N–H and O–H groups in total. The Kier molecular flexibility index (Phi) is 5.07. The first kappa shape index (κ1) is 14.7. The van der Waals surface area contributed by atoms with Gasteiger partial charge in [0.15, 0.2) is 5.78 Å². The summed E-state index contributed by atoms with van der Waals surface area (Å²) in [6.45, 7) is 1.78. The highest BCUT2D eigenvalue weighted by atomic mass is 19.1. The van der Waals surface area contributed by atoms with Gasteiger partial charge in [-0.2, -0.15) is 0 Å². The van der Waals surface area contributed by atoms with Crippen LogP contribution in [0.15, 0.2) is 12.1 Å². The number of hydrogen-bond donors (Lipinski definition) is 0. The SMILES string of the molecule is C#Cc1cc(F)c(C(=O)CC(=O)OCC)cc1OC. The molecule has 0 fully saturated rings. The third kappa shape index (κ3) is 3.55. The van der Waals surface area contributed by atoms with Gasteiger partial charge in [0.2, 0.25) is 0 Å². The molecule has 0 heterocycles. The molecule has 0 unspecified atom stereocenters. The van der Waals surface area contributed by atoms with E-state index in [0.29, 0.717) is 0 Å². The first-order chi connectivity index (χ1) is 9.03. The van der Waals surface area contributed by atoms with Crippen molar-refractivity contribution < 1.29 is 23.5 Å². The van der Waals surface area contributed by atoms with Gasteiger partial charge in [0, 0.05) is 0 Å². The minimum absolute atomic E-state index is 0.161. The molecule has 19 heavy (non-hydrogen) atoms. The maximum absolute atomic E-state index is 13.7. The zero-order valence-corrected chi connectivity index (χ0v) is 10.7. The Bertz CT molecular complexity index is 543. The number of hydrogen-bond acceptors (Lipinski definition) is 4. The molecule has 100 valence electrons. The number of esters is 1. The number of ether oxygens (including phenoxy) is 2. The number of methoxy groups -OCH3 is 1. The number of ketones is 1. The van der Waals surface area contributed by atoms with E-state index in [2.05, 4.69) is 10.7 Å². The maximum Gasteiger partial charge on any atom is 0.313 e. The van der Waals surface area contributed by atoms with Gasteiger partial charge in [-0.15, -0.1) is 6.42 Å². The van der Waals surface area contributed by atoms with E-state index in [9.17, 15) is 14.0 Å². The summed E-state index contributed by atoms with van der Waals surface area (Å²) in [4.78, 5) is 23.0. The fourth-order valence-corrected chi connectivity index (χ4v) is 1.49. The van der Waals surface area contributed by atoms with Crippen molar-refractivity contribution in [3.8, 4) is 18.1 Å². The van der Waals surface area contributed by atoms with Gasteiger partial charge in [-0.3, -0.25) is 9.59 Å². The highest BCUT2D eigenvalue weighted by Gasteiger charge is 2.19. The van der Waals surface area contributed by atoms with E-state index in [1.165, 1.54) is 13.2 Å². The molecule has 1 aromatic rings. The van der Waals surface area contributed by atoms with Gasteiger partial charge in [-0.05, 0) is 19.1 Å². The molecule has 1 aromatic carbocycles. The van der Waals surface area contributed by atoms with Crippen LogP contribution in [-0.4, -0.2) is 25.5 Å². The molecule has 0 saturated carbocycles. The number of halogens is 1. The van der Waals surface area contributed by atoms with Crippen molar-refractivity contribution in [2.24, 2.45) is 0 Å². The second kappa shape index (κ2) is 6.55. The van der Waals surface area contributed by atoms with Gasteiger partial charge in [0.25, 0.3) is 0 Å². The highest BCUT2D eigenvalue weighted by Crippen LogP contribution is 2.23. The molecule has 5 heteroatoms. The average Bonchev–Trinajstić information content (AvgIpc) is 2.38. The van der Waals surface area contributed by atoms with Gasteiger partial charge in [0.1, 0.15) is 18.0 Å². The lowest BCUT2D eigenvalue weighted by Gasteiger charge is -2.08. The zero-order valence-electron chi connectivity index (χ0n) is 10.7. The van der Waals surface area contributed by atoms with Crippen LogP contribution in [0.4, 0.5) is 4.39 Å². The van der Waals surface area contributed by atoms with Crippen molar-refractivity contribution >= 4 is 11.8 Å². The Morgan fingerprint density at radius 2 is 2.11 bits per heavy atom. The Morgan fingerprint density at radius 1 is 1.42 bits per heavy atom. The van der Waals surface area contributed by atoms with E-state index in [0.717, 1.165) is 6.07 Å². The van der Waals surface area contributed by atoms with Crippen LogP contribution in [0.2, 0.25) is 0 Å². The van der Waals surface area contributed by atoms with Crippen LogP contribution < -0.4 is 4.74 Å². The summed E-state index contributed by atoms with van der Waals surface area (Å²) < 4.78 is 23.3. The Hall–Kier alpha value is -2.35. The van der Waals surface area contributed by atoms with Crippen LogP contribution in [0.5, 0.6) is 5.75 Å². The van der Waals surface area contributed by atoms with Crippen molar-refractivity contribution in [2.45, 2.75) is 13.3 Å². The molecule has 0 saturated heterocycles. The largest absolute Gasteiger partial charge is 0.495 e. The van der Waals surface area contributed by atoms with Crippen LogP contribution in [0.3, 0.4) is 0 Å². The summed E-state index contributed by atoms with van der Waals surface area (Å²) in [5.74, 6) is 0.278. The number of carbonyl (C=O) groups is 2. The van der Waals surface area contributed by atoms with Crippen LogP contribution in [0, 0.1) is 18.2 Å². The monoisotopic (exact) mass is 264 g/mol. The highest BCUT2D eigenvalue weighted by molar-refractivity contribution is 6.06. The lowest BCUT2D eigenvalue weighted by Crippen LogP contribution is -2.13. The summed E-state index contributed by atoms with van der Waals surface area (Å²) in [6, 6.07) is 2.21. The lowest BCUT2D eigenvalue weighted by atomic mass is 10.0. The van der Waals surface area contributed by atoms with Crippen LogP contribution in [0.25, 0.3) is 0 Å². The molecule has 0 aliphatic carbocycles. The van der Waals surface area contributed by atoms with Gasteiger partial charge in [-0.25, -0.2) is 4.39 Å². The number of benzene rings is 1. The first-order valence-corrected chi connectivity index (χ1v) is 5.56. The summed E-state index contributed by atoms with van der Waals surface area (Å²) in [5, 5.41) is 0. The Morgan fingerprint density at radius 3 is 2.63 bits per heavy atom. The van der Waals surface area contributed by atoms with Gasteiger partial charge in [0.05, 0.1) is 24.8 Å². The minimum atomic E-state index is -0.789. The van der Waals surface area contributed by atoms with E-state index in [1.807, 2.05) is 0 Å². The smallest absolute Gasteiger partial charge is 0.313 e. The first-order valence-electron chi connectivity index (χ1n) is 5.56. The van der Waals surface area contributed by atoms with E-state index in [-0.39, 0.29) is 23.5 Å². The van der Waals surface area contributed by atoms with Crippen molar-refractivity contribution in [3.05, 3.63) is 29.1 Å². The van der Waals surface area contributed by atoms with Crippen LogP contribution in [-0.2, 0) is 9.53 Å². The number of carbonyl (C=O) groups excluding carboxylic acids is 2. The molecular weight excluding hydrogens is 251 g/mol. The standard InChI is InChI=1S/C14H13FO4/c1-4-9-6-11(15)10(7-13(9)18-3)12(16)8-14(17)19-5-2/h1,6-7H,5,8H2,2-3H3. The predicted molar refractivity (Wildman–Crippen MR) is 66.5 cm³/mol. The topological polar surface area (TPSA) is 52.6 Å². The van der Waals surface area contributed by atoms with Crippen molar-refractivity contribution in [3.63, 3.8) is 0 Å². The molecule has 0 aliphatic rings. The van der Waals surface area contributed by atoms with E-state index in [1.54, 1.807) is 6.92 Å².